The molecule has 0 aliphatic carbocycles. The van der Waals surface area contributed by atoms with Crippen molar-refractivity contribution in [3.8, 4) is 11.8 Å². The van der Waals surface area contributed by atoms with Gasteiger partial charge in [0.05, 0.1) is 17.7 Å². The Morgan fingerprint density at radius 2 is 1.41 bits per heavy atom. The van der Waals surface area contributed by atoms with Crippen LogP contribution in [-0.2, 0) is 0 Å². The fourth-order valence-corrected chi connectivity index (χ4v) is 2.66. The maximum absolute atomic E-state index is 8.85. The first kappa shape index (κ1) is 18.6. The lowest BCUT2D eigenvalue weighted by atomic mass is 10.0. The molecule has 0 atom stereocenters. The molecule has 1 aromatic carbocycles. The predicted octanol–water partition coefficient (Wildman–Crippen LogP) is 6.25. The summed E-state index contributed by atoms with van der Waals surface area (Å²) >= 11 is 0. The zero-order valence-electron chi connectivity index (χ0n) is 14.3. The van der Waals surface area contributed by atoms with Crippen molar-refractivity contribution in [2.24, 2.45) is 0 Å². The summed E-state index contributed by atoms with van der Waals surface area (Å²) in [6.07, 6.45) is 12.9. The molecule has 0 radical (unpaired) electrons. The Morgan fingerprint density at radius 1 is 0.864 bits per heavy atom. The molecule has 0 unspecified atom stereocenters. The lowest BCUT2D eigenvalue weighted by Gasteiger charge is -2.19. The van der Waals surface area contributed by atoms with Crippen LogP contribution in [0.4, 0.5) is 0 Å². The molecule has 2 nitrogen and oxygen atoms in total. The summed E-state index contributed by atoms with van der Waals surface area (Å²) in [5.41, 5.74) is 0.690. The maximum Gasteiger partial charge on any atom is 0.119 e. The van der Waals surface area contributed by atoms with Gasteiger partial charge in [0.15, 0.2) is 0 Å². The Balaban J connectivity index is 2.45. The molecule has 0 amide bonds. The van der Waals surface area contributed by atoms with E-state index in [0.717, 1.165) is 18.6 Å². The molecule has 22 heavy (non-hydrogen) atoms. The fraction of sp³-hybridized carbons (Fsp3) is 0.650. The molecule has 0 aliphatic heterocycles. The third-order valence-electron chi connectivity index (χ3n) is 4.05. The highest BCUT2D eigenvalue weighted by Crippen LogP contribution is 2.20. The Labute approximate surface area is 136 Å². The Morgan fingerprint density at radius 3 is 1.86 bits per heavy atom. The fourth-order valence-electron chi connectivity index (χ4n) is 2.66. The van der Waals surface area contributed by atoms with Crippen molar-refractivity contribution in [1.82, 2.24) is 0 Å². The highest BCUT2D eigenvalue weighted by atomic mass is 16.5. The largest absolute Gasteiger partial charge is 0.490 e. The summed E-state index contributed by atoms with van der Waals surface area (Å²) in [7, 11) is 0. The summed E-state index contributed by atoms with van der Waals surface area (Å²) in [5.74, 6) is 0.898. The Kier molecular flexibility index (Phi) is 10.2. The third kappa shape index (κ3) is 8.08. The lowest BCUT2D eigenvalue weighted by molar-refractivity contribution is 0.172. The van der Waals surface area contributed by atoms with Crippen LogP contribution in [-0.4, -0.2) is 6.10 Å². The second-order valence-corrected chi connectivity index (χ2v) is 6.07. The smallest absolute Gasteiger partial charge is 0.119 e. The van der Waals surface area contributed by atoms with E-state index in [1.807, 2.05) is 24.3 Å². The first-order valence-corrected chi connectivity index (χ1v) is 8.97. The van der Waals surface area contributed by atoms with Crippen LogP contribution in [0.3, 0.4) is 0 Å². The standard InChI is InChI=1S/C20H31NO/c1-3-5-7-9-11-19(12-10-8-6-4-2)22-20-15-13-18(17-21)14-16-20/h13-16,19H,3-12H2,1-2H3. The van der Waals surface area contributed by atoms with Gasteiger partial charge in [0.2, 0.25) is 0 Å². The molecule has 122 valence electrons. The molecular formula is C20H31NO. The Bertz CT molecular complexity index is 406. The molecule has 0 saturated carbocycles. The summed E-state index contributed by atoms with van der Waals surface area (Å²) in [6.45, 7) is 4.49. The zero-order valence-corrected chi connectivity index (χ0v) is 14.3. The van der Waals surface area contributed by atoms with Gasteiger partial charge in [-0.15, -0.1) is 0 Å². The quantitative estimate of drug-likeness (QED) is 0.428. The summed E-state index contributed by atoms with van der Waals surface area (Å²) in [6, 6.07) is 9.66. The summed E-state index contributed by atoms with van der Waals surface area (Å²) in [5, 5.41) is 8.85. The van der Waals surface area contributed by atoms with E-state index in [-0.39, 0.29) is 0 Å². The van der Waals surface area contributed by atoms with Crippen LogP contribution in [0, 0.1) is 11.3 Å². The number of ether oxygens (including phenoxy) is 1. The van der Waals surface area contributed by atoms with Crippen molar-refractivity contribution in [2.45, 2.75) is 84.2 Å². The van der Waals surface area contributed by atoms with Crippen LogP contribution in [0.5, 0.6) is 5.75 Å². The molecule has 0 saturated heterocycles. The Hall–Kier alpha value is -1.49. The van der Waals surface area contributed by atoms with E-state index in [0.29, 0.717) is 11.7 Å². The highest BCUT2D eigenvalue weighted by Gasteiger charge is 2.10. The van der Waals surface area contributed by atoms with Crippen molar-refractivity contribution >= 4 is 0 Å². The molecule has 1 aromatic rings. The van der Waals surface area contributed by atoms with Gasteiger partial charge in [0.1, 0.15) is 5.75 Å². The maximum atomic E-state index is 8.85. The topological polar surface area (TPSA) is 33.0 Å². The highest BCUT2D eigenvalue weighted by molar-refractivity contribution is 5.34. The van der Waals surface area contributed by atoms with Crippen LogP contribution in [0.15, 0.2) is 24.3 Å². The second-order valence-electron chi connectivity index (χ2n) is 6.07. The molecule has 2 heteroatoms. The molecule has 0 spiro atoms. The van der Waals surface area contributed by atoms with Crippen molar-refractivity contribution in [1.29, 1.82) is 5.26 Å². The van der Waals surface area contributed by atoms with E-state index in [4.69, 9.17) is 10.00 Å². The SMILES string of the molecule is CCCCCCC(CCCCCC)Oc1ccc(C#N)cc1. The van der Waals surface area contributed by atoms with Crippen molar-refractivity contribution in [3.05, 3.63) is 29.8 Å². The van der Waals surface area contributed by atoms with Crippen LogP contribution in [0.2, 0.25) is 0 Å². The normalized spacial score (nSPS) is 10.6. The summed E-state index contributed by atoms with van der Waals surface area (Å²) < 4.78 is 6.16. The molecule has 0 heterocycles. The number of nitriles is 1. The second kappa shape index (κ2) is 12.1. The van der Waals surface area contributed by atoms with E-state index in [1.165, 1.54) is 51.4 Å². The average molecular weight is 301 g/mol. The zero-order chi connectivity index (χ0) is 16.0. The third-order valence-corrected chi connectivity index (χ3v) is 4.05. The van der Waals surface area contributed by atoms with Gasteiger partial charge in [-0.3, -0.25) is 0 Å². The van der Waals surface area contributed by atoms with E-state index >= 15 is 0 Å². The van der Waals surface area contributed by atoms with Crippen LogP contribution in [0.25, 0.3) is 0 Å². The number of hydrogen-bond acceptors (Lipinski definition) is 2. The van der Waals surface area contributed by atoms with Gasteiger partial charge in [-0.25, -0.2) is 0 Å². The van der Waals surface area contributed by atoms with Gasteiger partial charge in [-0.1, -0.05) is 52.4 Å². The minimum absolute atomic E-state index is 0.321. The number of rotatable bonds is 12. The number of benzene rings is 1. The minimum Gasteiger partial charge on any atom is -0.490 e. The van der Waals surface area contributed by atoms with E-state index in [9.17, 15) is 0 Å². The van der Waals surface area contributed by atoms with Gasteiger partial charge < -0.3 is 4.74 Å². The van der Waals surface area contributed by atoms with E-state index in [2.05, 4.69) is 19.9 Å². The molecule has 0 N–H and O–H groups in total. The molecule has 0 bridgehead atoms. The van der Waals surface area contributed by atoms with Gasteiger partial charge >= 0.3 is 0 Å². The first-order chi connectivity index (χ1) is 10.8. The van der Waals surface area contributed by atoms with Crippen molar-refractivity contribution < 1.29 is 4.74 Å². The molecule has 0 aliphatic rings. The minimum atomic E-state index is 0.321. The van der Waals surface area contributed by atoms with Crippen LogP contribution < -0.4 is 4.74 Å². The van der Waals surface area contributed by atoms with Crippen LogP contribution >= 0.6 is 0 Å². The van der Waals surface area contributed by atoms with E-state index in [1.54, 1.807) is 0 Å². The average Bonchev–Trinajstić information content (AvgIpc) is 2.56. The molecular weight excluding hydrogens is 270 g/mol. The predicted molar refractivity (Wildman–Crippen MR) is 93.1 cm³/mol. The number of nitrogens with zero attached hydrogens (tertiary/aromatic N) is 1. The van der Waals surface area contributed by atoms with E-state index < -0.39 is 0 Å². The van der Waals surface area contributed by atoms with Crippen molar-refractivity contribution in [2.75, 3.05) is 0 Å². The van der Waals surface area contributed by atoms with Gasteiger partial charge in [-0.2, -0.15) is 5.26 Å². The van der Waals surface area contributed by atoms with Gasteiger partial charge in [0.25, 0.3) is 0 Å². The molecule has 1 rings (SSSR count). The lowest BCUT2D eigenvalue weighted by Crippen LogP contribution is -2.16. The molecule has 0 fully saturated rings. The van der Waals surface area contributed by atoms with Gasteiger partial charge in [0, 0.05) is 0 Å². The monoisotopic (exact) mass is 301 g/mol. The first-order valence-electron chi connectivity index (χ1n) is 8.97. The van der Waals surface area contributed by atoms with Crippen LogP contribution in [0.1, 0.15) is 83.6 Å². The number of unbranched alkanes of at least 4 members (excludes halogenated alkanes) is 6. The summed E-state index contributed by atoms with van der Waals surface area (Å²) in [4.78, 5) is 0. The van der Waals surface area contributed by atoms with Crippen molar-refractivity contribution in [3.63, 3.8) is 0 Å². The number of hydrogen-bond donors (Lipinski definition) is 0. The molecule has 0 aromatic heterocycles. The van der Waals surface area contributed by atoms with Gasteiger partial charge in [-0.05, 0) is 49.9 Å².